The third-order valence-corrected chi connectivity index (χ3v) is 2.16. The summed E-state index contributed by atoms with van der Waals surface area (Å²) in [6, 6.07) is 5.51. The van der Waals surface area contributed by atoms with Gasteiger partial charge in [0.15, 0.2) is 6.61 Å². The summed E-state index contributed by atoms with van der Waals surface area (Å²) in [4.78, 5) is 11.6. The van der Waals surface area contributed by atoms with Crippen molar-refractivity contribution >= 4 is 11.6 Å². The zero-order valence-corrected chi connectivity index (χ0v) is 10.8. The van der Waals surface area contributed by atoms with Crippen LogP contribution in [0.5, 0.6) is 5.75 Å². The van der Waals surface area contributed by atoms with Gasteiger partial charge in [0.25, 0.3) is 5.91 Å². The van der Waals surface area contributed by atoms with Crippen LogP contribution in [0.1, 0.15) is 26.3 Å². The van der Waals surface area contributed by atoms with Crippen molar-refractivity contribution in [2.75, 3.05) is 12.3 Å². The summed E-state index contributed by atoms with van der Waals surface area (Å²) in [7, 11) is 0. The van der Waals surface area contributed by atoms with Crippen molar-refractivity contribution in [3.05, 3.63) is 23.8 Å². The summed E-state index contributed by atoms with van der Waals surface area (Å²) < 4.78 is 5.39. The minimum Gasteiger partial charge on any atom is -0.482 e. The van der Waals surface area contributed by atoms with E-state index in [-0.39, 0.29) is 18.1 Å². The van der Waals surface area contributed by atoms with Crippen LogP contribution in [0.25, 0.3) is 0 Å². The number of nitrogens with one attached hydrogen (secondary N) is 1. The second-order valence-corrected chi connectivity index (χ2v) is 5.07. The Kier molecular flexibility index (Phi) is 3.99. The maximum Gasteiger partial charge on any atom is 0.258 e. The predicted octanol–water partition coefficient (Wildman–Crippen LogP) is 1.87. The molecule has 0 bridgehead atoms. The highest BCUT2D eigenvalue weighted by molar-refractivity contribution is 5.78. The van der Waals surface area contributed by atoms with Gasteiger partial charge in [0.1, 0.15) is 5.75 Å². The number of carbonyl (C=O) groups excluding carboxylic acids is 1. The molecule has 1 rings (SSSR count). The van der Waals surface area contributed by atoms with Gasteiger partial charge in [0, 0.05) is 5.54 Å². The van der Waals surface area contributed by atoms with Gasteiger partial charge in [-0.3, -0.25) is 4.79 Å². The van der Waals surface area contributed by atoms with Crippen LogP contribution in [0, 0.1) is 6.92 Å². The van der Waals surface area contributed by atoms with E-state index in [1.807, 2.05) is 39.8 Å². The number of para-hydroxylation sites is 1. The maximum absolute atomic E-state index is 11.6. The first kappa shape index (κ1) is 13.4. The molecule has 4 heteroatoms. The lowest BCUT2D eigenvalue weighted by Crippen LogP contribution is -2.43. The minimum atomic E-state index is -0.251. The Labute approximate surface area is 102 Å². The van der Waals surface area contributed by atoms with Gasteiger partial charge in [-0.15, -0.1) is 0 Å². The van der Waals surface area contributed by atoms with Crippen LogP contribution in [-0.2, 0) is 4.79 Å². The third-order valence-electron chi connectivity index (χ3n) is 2.16. The molecule has 0 fully saturated rings. The third kappa shape index (κ3) is 4.34. The van der Waals surface area contributed by atoms with Gasteiger partial charge in [-0.1, -0.05) is 12.1 Å². The summed E-state index contributed by atoms with van der Waals surface area (Å²) >= 11 is 0. The summed E-state index contributed by atoms with van der Waals surface area (Å²) in [5.41, 5.74) is 7.11. The number of anilines is 1. The number of ether oxygens (including phenoxy) is 1. The van der Waals surface area contributed by atoms with E-state index in [0.717, 1.165) is 5.56 Å². The Balaban J connectivity index is 2.56. The highest BCUT2D eigenvalue weighted by Crippen LogP contribution is 2.24. The number of carbonyl (C=O) groups is 1. The molecule has 1 aromatic carbocycles. The van der Waals surface area contributed by atoms with Gasteiger partial charge in [-0.25, -0.2) is 0 Å². The van der Waals surface area contributed by atoms with E-state index in [1.165, 1.54) is 0 Å². The zero-order valence-electron chi connectivity index (χ0n) is 10.8. The van der Waals surface area contributed by atoms with Gasteiger partial charge in [-0.05, 0) is 39.3 Å². The van der Waals surface area contributed by atoms with Crippen LogP contribution in [-0.4, -0.2) is 18.1 Å². The van der Waals surface area contributed by atoms with Crippen molar-refractivity contribution in [3.8, 4) is 5.75 Å². The van der Waals surface area contributed by atoms with E-state index >= 15 is 0 Å². The highest BCUT2D eigenvalue weighted by atomic mass is 16.5. The van der Waals surface area contributed by atoms with Crippen molar-refractivity contribution in [2.24, 2.45) is 0 Å². The molecule has 1 amide bonds. The van der Waals surface area contributed by atoms with Gasteiger partial charge >= 0.3 is 0 Å². The second kappa shape index (κ2) is 5.08. The van der Waals surface area contributed by atoms with Gasteiger partial charge in [0.05, 0.1) is 5.69 Å². The van der Waals surface area contributed by atoms with Crippen molar-refractivity contribution in [3.63, 3.8) is 0 Å². The molecule has 0 heterocycles. The molecule has 1 aromatic rings. The SMILES string of the molecule is Cc1cccc(OCC(=O)NC(C)(C)C)c1N. The number of nitrogen functional groups attached to an aromatic ring is 1. The Morgan fingerprint density at radius 1 is 1.41 bits per heavy atom. The number of nitrogens with two attached hydrogens (primary N) is 1. The molecule has 0 spiro atoms. The summed E-state index contributed by atoms with van der Waals surface area (Å²) in [6.45, 7) is 7.64. The van der Waals surface area contributed by atoms with E-state index in [2.05, 4.69) is 5.32 Å². The summed E-state index contributed by atoms with van der Waals surface area (Å²) in [5, 5.41) is 2.82. The van der Waals surface area contributed by atoms with Crippen molar-refractivity contribution in [1.29, 1.82) is 0 Å². The van der Waals surface area contributed by atoms with Crippen molar-refractivity contribution in [2.45, 2.75) is 33.2 Å². The molecule has 0 radical (unpaired) electrons. The Bertz CT molecular complexity index is 408. The molecule has 0 saturated carbocycles. The van der Waals surface area contributed by atoms with Crippen LogP contribution >= 0.6 is 0 Å². The Morgan fingerprint density at radius 2 is 2.06 bits per heavy atom. The maximum atomic E-state index is 11.6. The molecular formula is C13H20N2O2. The number of hydrogen-bond acceptors (Lipinski definition) is 3. The lowest BCUT2D eigenvalue weighted by molar-refractivity contribution is -0.124. The van der Waals surface area contributed by atoms with Crippen LogP contribution in [0.2, 0.25) is 0 Å². The van der Waals surface area contributed by atoms with Crippen LogP contribution < -0.4 is 15.8 Å². The van der Waals surface area contributed by atoms with Crippen LogP contribution in [0.15, 0.2) is 18.2 Å². The topological polar surface area (TPSA) is 64.3 Å². The van der Waals surface area contributed by atoms with Gasteiger partial charge in [0.2, 0.25) is 0 Å². The Hall–Kier alpha value is -1.71. The van der Waals surface area contributed by atoms with E-state index in [0.29, 0.717) is 11.4 Å². The number of benzene rings is 1. The number of rotatable bonds is 3. The predicted molar refractivity (Wildman–Crippen MR) is 69.0 cm³/mol. The summed E-state index contributed by atoms with van der Waals surface area (Å²) in [5.74, 6) is 0.396. The van der Waals surface area contributed by atoms with Crippen molar-refractivity contribution < 1.29 is 9.53 Å². The van der Waals surface area contributed by atoms with Crippen LogP contribution in [0.4, 0.5) is 5.69 Å². The molecule has 0 unspecified atom stereocenters. The first-order chi connectivity index (χ1) is 7.79. The standard InChI is InChI=1S/C13H20N2O2/c1-9-6-5-7-10(12(9)14)17-8-11(16)15-13(2,3)4/h5-7H,8,14H2,1-4H3,(H,15,16). The molecule has 94 valence electrons. The molecule has 17 heavy (non-hydrogen) atoms. The molecule has 0 aliphatic rings. The molecule has 0 saturated heterocycles. The number of amides is 1. The van der Waals surface area contributed by atoms with Crippen molar-refractivity contribution in [1.82, 2.24) is 5.32 Å². The average molecular weight is 236 g/mol. The molecule has 0 aromatic heterocycles. The summed E-state index contributed by atoms with van der Waals surface area (Å²) in [6.07, 6.45) is 0. The lowest BCUT2D eigenvalue weighted by Gasteiger charge is -2.20. The molecular weight excluding hydrogens is 216 g/mol. The number of hydrogen-bond donors (Lipinski definition) is 2. The van der Waals surface area contributed by atoms with E-state index in [9.17, 15) is 4.79 Å². The van der Waals surface area contributed by atoms with E-state index in [1.54, 1.807) is 6.07 Å². The fourth-order valence-electron chi connectivity index (χ4n) is 1.38. The van der Waals surface area contributed by atoms with E-state index < -0.39 is 0 Å². The fraction of sp³-hybridized carbons (Fsp3) is 0.462. The zero-order chi connectivity index (χ0) is 13.1. The fourth-order valence-corrected chi connectivity index (χ4v) is 1.38. The lowest BCUT2D eigenvalue weighted by atomic mass is 10.1. The molecule has 0 aliphatic carbocycles. The molecule has 0 atom stereocenters. The number of aryl methyl sites for hydroxylation is 1. The monoisotopic (exact) mass is 236 g/mol. The molecule has 0 aliphatic heterocycles. The largest absolute Gasteiger partial charge is 0.482 e. The average Bonchev–Trinajstić information content (AvgIpc) is 2.18. The quantitative estimate of drug-likeness (QED) is 0.787. The van der Waals surface area contributed by atoms with Gasteiger partial charge in [-0.2, -0.15) is 0 Å². The first-order valence-corrected chi connectivity index (χ1v) is 5.58. The second-order valence-electron chi connectivity index (χ2n) is 5.07. The molecule has 3 N–H and O–H groups in total. The van der Waals surface area contributed by atoms with Crippen LogP contribution in [0.3, 0.4) is 0 Å². The van der Waals surface area contributed by atoms with E-state index in [4.69, 9.17) is 10.5 Å². The minimum absolute atomic E-state index is 0.0229. The molecule has 4 nitrogen and oxygen atoms in total. The first-order valence-electron chi connectivity index (χ1n) is 5.58. The Morgan fingerprint density at radius 3 is 2.65 bits per heavy atom. The van der Waals surface area contributed by atoms with Gasteiger partial charge < -0.3 is 15.8 Å². The highest BCUT2D eigenvalue weighted by Gasteiger charge is 2.14. The smallest absolute Gasteiger partial charge is 0.258 e. The normalized spacial score (nSPS) is 11.1.